The van der Waals surface area contributed by atoms with Crippen LogP contribution in [0.5, 0.6) is 0 Å². The first-order valence-corrected chi connectivity index (χ1v) is 4.98. The maximum absolute atomic E-state index is 5.68. The molecule has 1 aromatic carbocycles. The summed E-state index contributed by atoms with van der Waals surface area (Å²) in [6, 6.07) is 9.84. The van der Waals surface area contributed by atoms with E-state index in [0.29, 0.717) is 5.82 Å². The molecule has 0 fully saturated rings. The first-order chi connectivity index (χ1) is 7.84. The number of aromatic amines is 1. The number of H-pyrrole nitrogens is 1. The zero-order valence-electron chi connectivity index (χ0n) is 8.51. The topological polar surface area (TPSA) is 67.6 Å². The summed E-state index contributed by atoms with van der Waals surface area (Å²) >= 11 is 0. The van der Waals surface area contributed by atoms with Gasteiger partial charge in [0.05, 0.1) is 11.7 Å². The highest BCUT2D eigenvalue weighted by Gasteiger charge is 2.05. The summed E-state index contributed by atoms with van der Waals surface area (Å²) in [7, 11) is 0. The van der Waals surface area contributed by atoms with Gasteiger partial charge in [0, 0.05) is 11.6 Å². The number of nitrogens with two attached hydrogens (primary N) is 1. The molecule has 2 heterocycles. The third-order valence-electron chi connectivity index (χ3n) is 2.58. The Morgan fingerprint density at radius 1 is 1.19 bits per heavy atom. The molecule has 78 valence electrons. The Morgan fingerprint density at radius 3 is 3.00 bits per heavy atom. The van der Waals surface area contributed by atoms with Gasteiger partial charge in [-0.3, -0.25) is 5.10 Å². The third-order valence-corrected chi connectivity index (χ3v) is 2.58. The van der Waals surface area contributed by atoms with Crippen LogP contribution in [0, 0.1) is 0 Å². The van der Waals surface area contributed by atoms with E-state index in [2.05, 4.69) is 15.2 Å². The first-order valence-electron chi connectivity index (χ1n) is 4.98. The normalized spacial score (nSPS) is 10.8. The number of anilines is 1. The van der Waals surface area contributed by atoms with Crippen LogP contribution in [0.2, 0.25) is 0 Å². The molecule has 0 saturated heterocycles. The molecule has 2 aromatic heterocycles. The molecule has 4 heteroatoms. The fourth-order valence-electron chi connectivity index (χ4n) is 1.84. The molecule has 3 aromatic rings. The number of aromatic nitrogens is 3. The zero-order valence-corrected chi connectivity index (χ0v) is 8.51. The Kier molecular flexibility index (Phi) is 1.86. The third kappa shape index (κ3) is 1.32. The summed E-state index contributed by atoms with van der Waals surface area (Å²) in [5.41, 5.74) is 8.87. The van der Waals surface area contributed by atoms with E-state index in [1.54, 1.807) is 6.20 Å². The van der Waals surface area contributed by atoms with Crippen LogP contribution < -0.4 is 5.73 Å². The molecular formula is C12H10N4. The number of nitrogens with one attached hydrogen (secondary N) is 1. The van der Waals surface area contributed by atoms with Crippen molar-refractivity contribution in [3.05, 3.63) is 42.7 Å². The van der Waals surface area contributed by atoms with E-state index in [4.69, 9.17) is 5.73 Å². The molecule has 0 amide bonds. The number of pyridine rings is 1. The number of hydrogen-bond donors (Lipinski definition) is 2. The lowest BCUT2D eigenvalue weighted by molar-refractivity contribution is 1.12. The predicted molar refractivity (Wildman–Crippen MR) is 63.7 cm³/mol. The summed E-state index contributed by atoms with van der Waals surface area (Å²) in [6.07, 6.45) is 3.53. The van der Waals surface area contributed by atoms with E-state index in [0.717, 1.165) is 22.0 Å². The second-order valence-corrected chi connectivity index (χ2v) is 3.61. The van der Waals surface area contributed by atoms with Crippen LogP contribution in [0.25, 0.3) is 22.0 Å². The van der Waals surface area contributed by atoms with Crippen LogP contribution in [0.3, 0.4) is 0 Å². The number of fused-ring (bicyclic) bond motifs is 1. The summed E-state index contributed by atoms with van der Waals surface area (Å²) in [5, 5.41) is 8.08. The van der Waals surface area contributed by atoms with Gasteiger partial charge in [0.1, 0.15) is 5.82 Å². The Hall–Kier alpha value is -2.36. The van der Waals surface area contributed by atoms with Gasteiger partial charge in [-0.15, -0.1) is 0 Å². The van der Waals surface area contributed by atoms with Gasteiger partial charge in [0.25, 0.3) is 0 Å². The molecule has 0 aliphatic rings. The van der Waals surface area contributed by atoms with E-state index in [1.807, 2.05) is 36.5 Å². The SMILES string of the molecule is Nc1cc(-c2cccc3[nH]ncc23)ccn1. The molecule has 16 heavy (non-hydrogen) atoms. The second kappa shape index (κ2) is 3.34. The van der Waals surface area contributed by atoms with Crippen molar-refractivity contribution in [3.8, 4) is 11.1 Å². The van der Waals surface area contributed by atoms with Crippen LogP contribution in [0.15, 0.2) is 42.7 Å². The van der Waals surface area contributed by atoms with Gasteiger partial charge in [0.2, 0.25) is 0 Å². The second-order valence-electron chi connectivity index (χ2n) is 3.61. The molecule has 0 unspecified atom stereocenters. The Morgan fingerprint density at radius 2 is 2.12 bits per heavy atom. The highest BCUT2D eigenvalue weighted by atomic mass is 15.1. The molecule has 0 saturated carbocycles. The average Bonchev–Trinajstić information content (AvgIpc) is 2.76. The Labute approximate surface area is 92.1 Å². The lowest BCUT2D eigenvalue weighted by Crippen LogP contribution is -1.89. The molecule has 3 rings (SSSR count). The van der Waals surface area contributed by atoms with Crippen LogP contribution in [0.1, 0.15) is 0 Å². The Balaban J connectivity index is 2.29. The lowest BCUT2D eigenvalue weighted by Gasteiger charge is -2.03. The summed E-state index contributed by atoms with van der Waals surface area (Å²) < 4.78 is 0. The van der Waals surface area contributed by atoms with E-state index in [9.17, 15) is 0 Å². The van der Waals surface area contributed by atoms with Gasteiger partial charge in [-0.1, -0.05) is 12.1 Å². The van der Waals surface area contributed by atoms with Crippen LogP contribution in [-0.4, -0.2) is 15.2 Å². The molecule has 0 aliphatic heterocycles. The molecule has 0 bridgehead atoms. The van der Waals surface area contributed by atoms with Gasteiger partial charge in [-0.25, -0.2) is 4.98 Å². The van der Waals surface area contributed by atoms with Crippen molar-refractivity contribution < 1.29 is 0 Å². The van der Waals surface area contributed by atoms with Crippen LogP contribution in [-0.2, 0) is 0 Å². The molecule has 3 N–H and O–H groups in total. The van der Waals surface area contributed by atoms with Crippen molar-refractivity contribution >= 4 is 16.7 Å². The van der Waals surface area contributed by atoms with Crippen LogP contribution in [0.4, 0.5) is 5.82 Å². The van der Waals surface area contributed by atoms with Crippen molar-refractivity contribution in [3.63, 3.8) is 0 Å². The number of benzene rings is 1. The van der Waals surface area contributed by atoms with Crippen molar-refractivity contribution in [2.75, 3.05) is 5.73 Å². The molecule has 0 atom stereocenters. The minimum atomic E-state index is 0.526. The number of rotatable bonds is 1. The van der Waals surface area contributed by atoms with Gasteiger partial charge in [-0.05, 0) is 29.3 Å². The van der Waals surface area contributed by atoms with Crippen molar-refractivity contribution in [1.29, 1.82) is 0 Å². The monoisotopic (exact) mass is 210 g/mol. The van der Waals surface area contributed by atoms with E-state index >= 15 is 0 Å². The minimum Gasteiger partial charge on any atom is -0.384 e. The lowest BCUT2D eigenvalue weighted by atomic mass is 10.0. The van der Waals surface area contributed by atoms with E-state index in [1.165, 1.54) is 0 Å². The number of nitrogens with zero attached hydrogens (tertiary/aromatic N) is 2. The quantitative estimate of drug-likeness (QED) is 0.647. The Bertz CT molecular complexity index is 642. The standard InChI is InChI=1S/C12H10N4/c13-12-6-8(4-5-14-12)9-2-1-3-11-10(9)7-15-16-11/h1-7H,(H2,13,14)(H,15,16). The maximum Gasteiger partial charge on any atom is 0.123 e. The van der Waals surface area contributed by atoms with Crippen LogP contribution >= 0.6 is 0 Å². The number of hydrogen-bond acceptors (Lipinski definition) is 3. The number of nitrogen functional groups attached to an aromatic ring is 1. The van der Waals surface area contributed by atoms with Gasteiger partial charge < -0.3 is 5.73 Å². The minimum absolute atomic E-state index is 0.526. The first kappa shape index (κ1) is 8.91. The largest absolute Gasteiger partial charge is 0.384 e. The molecule has 4 nitrogen and oxygen atoms in total. The molecule has 0 spiro atoms. The van der Waals surface area contributed by atoms with Gasteiger partial charge in [-0.2, -0.15) is 5.10 Å². The highest BCUT2D eigenvalue weighted by molar-refractivity contribution is 5.94. The predicted octanol–water partition coefficient (Wildman–Crippen LogP) is 2.21. The van der Waals surface area contributed by atoms with E-state index < -0.39 is 0 Å². The summed E-state index contributed by atoms with van der Waals surface area (Å²) in [6.45, 7) is 0. The molecule has 0 radical (unpaired) electrons. The molecular weight excluding hydrogens is 200 g/mol. The van der Waals surface area contributed by atoms with Crippen molar-refractivity contribution in [1.82, 2.24) is 15.2 Å². The smallest absolute Gasteiger partial charge is 0.123 e. The van der Waals surface area contributed by atoms with Crippen molar-refractivity contribution in [2.24, 2.45) is 0 Å². The average molecular weight is 210 g/mol. The van der Waals surface area contributed by atoms with Gasteiger partial charge >= 0.3 is 0 Å². The fraction of sp³-hybridized carbons (Fsp3) is 0. The maximum atomic E-state index is 5.68. The molecule has 0 aliphatic carbocycles. The zero-order chi connectivity index (χ0) is 11.0. The van der Waals surface area contributed by atoms with Gasteiger partial charge in [0.15, 0.2) is 0 Å². The summed E-state index contributed by atoms with van der Waals surface area (Å²) in [4.78, 5) is 3.99. The van der Waals surface area contributed by atoms with Crippen molar-refractivity contribution in [2.45, 2.75) is 0 Å². The fourth-order valence-corrected chi connectivity index (χ4v) is 1.84. The highest BCUT2D eigenvalue weighted by Crippen LogP contribution is 2.27. The van der Waals surface area contributed by atoms with E-state index in [-0.39, 0.29) is 0 Å². The summed E-state index contributed by atoms with van der Waals surface area (Å²) in [5.74, 6) is 0.526.